The Hall–Kier alpha value is -2.89. The van der Waals surface area contributed by atoms with Crippen LogP contribution < -0.4 is 20.1 Å². The van der Waals surface area contributed by atoms with Crippen LogP contribution in [-0.2, 0) is 10.0 Å². The van der Waals surface area contributed by atoms with E-state index >= 15 is 0 Å². The zero-order valence-electron chi connectivity index (χ0n) is 18.7. The van der Waals surface area contributed by atoms with E-state index in [1.165, 1.54) is 25.4 Å². The number of sulfonamides is 1. The maximum atomic E-state index is 13.1. The molecule has 1 saturated heterocycles. The van der Waals surface area contributed by atoms with Crippen molar-refractivity contribution < 1.29 is 13.2 Å². The molecule has 0 saturated carbocycles. The molecule has 4 aromatic rings. The van der Waals surface area contributed by atoms with Crippen molar-refractivity contribution in [3.63, 3.8) is 0 Å². The van der Waals surface area contributed by atoms with Gasteiger partial charge in [-0.25, -0.2) is 23.4 Å². The fraction of sp³-hybridized carbons (Fsp3) is 0.174. The average molecular weight is 566 g/mol. The van der Waals surface area contributed by atoms with Crippen LogP contribution in [0, 0.1) is 0 Å². The summed E-state index contributed by atoms with van der Waals surface area (Å²) >= 11 is 19.1. The van der Waals surface area contributed by atoms with Crippen LogP contribution in [0.15, 0.2) is 53.7 Å². The lowest BCUT2D eigenvalue weighted by Crippen LogP contribution is -2.51. The van der Waals surface area contributed by atoms with Gasteiger partial charge in [0.2, 0.25) is 11.8 Å². The SMILES string of the molecule is COc1ncc(Cl)cc1S(=O)(=O)Nc1ccc(Cl)c(-c2ccc3nc(NC4CNC4)ncc3c2)c1Cl. The molecule has 0 atom stereocenters. The van der Waals surface area contributed by atoms with Crippen LogP contribution in [0.2, 0.25) is 15.1 Å². The summed E-state index contributed by atoms with van der Waals surface area (Å²) in [5.41, 5.74) is 2.00. The first-order valence-electron chi connectivity index (χ1n) is 10.7. The van der Waals surface area contributed by atoms with Gasteiger partial charge in [0.25, 0.3) is 10.0 Å². The van der Waals surface area contributed by atoms with Gasteiger partial charge in [0.1, 0.15) is 0 Å². The number of ether oxygens (including phenoxy) is 1. The highest BCUT2D eigenvalue weighted by molar-refractivity contribution is 7.92. The van der Waals surface area contributed by atoms with E-state index in [1.54, 1.807) is 12.3 Å². The maximum Gasteiger partial charge on any atom is 0.267 e. The van der Waals surface area contributed by atoms with Crippen molar-refractivity contribution in [1.29, 1.82) is 0 Å². The number of fused-ring (bicyclic) bond motifs is 1. The zero-order chi connectivity index (χ0) is 25.4. The number of nitrogens with one attached hydrogen (secondary N) is 3. The molecule has 0 radical (unpaired) electrons. The minimum absolute atomic E-state index is 0.103. The van der Waals surface area contributed by atoms with Gasteiger partial charge in [-0.15, -0.1) is 0 Å². The summed E-state index contributed by atoms with van der Waals surface area (Å²) < 4.78 is 33.8. The molecule has 2 aromatic heterocycles. The average Bonchev–Trinajstić information content (AvgIpc) is 2.83. The molecule has 13 heteroatoms. The molecule has 2 aromatic carbocycles. The van der Waals surface area contributed by atoms with Gasteiger partial charge in [-0.3, -0.25) is 4.72 Å². The summed E-state index contributed by atoms with van der Waals surface area (Å²) in [5.74, 6) is 0.453. The highest BCUT2D eigenvalue weighted by Gasteiger charge is 2.24. The Balaban J connectivity index is 1.49. The lowest BCUT2D eigenvalue weighted by molar-refractivity contribution is 0.385. The van der Waals surface area contributed by atoms with Gasteiger partial charge in [0, 0.05) is 36.4 Å². The molecule has 0 spiro atoms. The van der Waals surface area contributed by atoms with Crippen molar-refractivity contribution in [3.8, 4) is 17.0 Å². The van der Waals surface area contributed by atoms with Gasteiger partial charge in [-0.05, 0) is 35.9 Å². The zero-order valence-corrected chi connectivity index (χ0v) is 21.8. The van der Waals surface area contributed by atoms with Crippen molar-refractivity contribution in [3.05, 3.63) is 63.9 Å². The lowest BCUT2D eigenvalue weighted by atomic mass is 10.0. The number of anilines is 2. The minimum Gasteiger partial charge on any atom is -0.480 e. The Bertz CT molecular complexity index is 1580. The molecule has 0 amide bonds. The predicted molar refractivity (Wildman–Crippen MR) is 142 cm³/mol. The molecule has 1 fully saturated rings. The normalized spacial score (nSPS) is 13.9. The van der Waals surface area contributed by atoms with Gasteiger partial charge >= 0.3 is 0 Å². The molecule has 0 bridgehead atoms. The van der Waals surface area contributed by atoms with E-state index in [4.69, 9.17) is 39.5 Å². The Morgan fingerprint density at radius 1 is 1.06 bits per heavy atom. The predicted octanol–water partition coefficient (Wildman–Crippen LogP) is 4.85. The van der Waals surface area contributed by atoms with Crippen molar-refractivity contribution in [2.75, 3.05) is 30.2 Å². The second-order valence-corrected chi connectivity index (χ2v) is 10.9. The number of hydrogen-bond acceptors (Lipinski definition) is 8. The first-order chi connectivity index (χ1) is 17.2. The highest BCUT2D eigenvalue weighted by atomic mass is 35.5. The number of aromatic nitrogens is 3. The Morgan fingerprint density at radius 3 is 2.58 bits per heavy atom. The summed E-state index contributed by atoms with van der Waals surface area (Å²) in [6, 6.07) is 10.1. The largest absolute Gasteiger partial charge is 0.480 e. The van der Waals surface area contributed by atoms with Crippen molar-refractivity contribution in [1.82, 2.24) is 20.3 Å². The van der Waals surface area contributed by atoms with E-state index in [2.05, 4.69) is 30.3 Å². The molecular formula is C23H19Cl3N6O3S. The number of benzene rings is 2. The van der Waals surface area contributed by atoms with Crippen LogP contribution >= 0.6 is 34.8 Å². The number of methoxy groups -OCH3 is 1. The third kappa shape index (κ3) is 4.87. The van der Waals surface area contributed by atoms with Gasteiger partial charge in [-0.2, -0.15) is 0 Å². The minimum atomic E-state index is -4.14. The van der Waals surface area contributed by atoms with Crippen LogP contribution in [-0.4, -0.2) is 49.6 Å². The van der Waals surface area contributed by atoms with E-state index < -0.39 is 10.0 Å². The molecule has 0 aliphatic carbocycles. The first kappa shape index (κ1) is 24.8. The highest BCUT2D eigenvalue weighted by Crippen LogP contribution is 2.41. The van der Waals surface area contributed by atoms with Crippen LogP contribution in [0.5, 0.6) is 5.88 Å². The topological polar surface area (TPSA) is 118 Å². The molecule has 9 nitrogen and oxygen atoms in total. The molecule has 36 heavy (non-hydrogen) atoms. The molecule has 1 aliphatic heterocycles. The Morgan fingerprint density at radius 2 is 1.86 bits per heavy atom. The molecule has 3 N–H and O–H groups in total. The second kappa shape index (κ2) is 9.87. The second-order valence-electron chi connectivity index (χ2n) is 8.02. The monoisotopic (exact) mass is 564 g/mol. The summed E-state index contributed by atoms with van der Waals surface area (Å²) in [7, 11) is -2.83. The van der Waals surface area contributed by atoms with Crippen molar-refractivity contribution in [2.45, 2.75) is 10.9 Å². The number of rotatable bonds is 7. The van der Waals surface area contributed by atoms with Gasteiger partial charge in [0.15, 0.2) is 4.90 Å². The van der Waals surface area contributed by atoms with Crippen LogP contribution in [0.4, 0.5) is 11.6 Å². The number of pyridine rings is 1. The Labute approximate surface area is 222 Å². The molecule has 0 unspecified atom stereocenters. The number of halogens is 3. The standard InChI is InChI=1S/C23H19Cl3N6O3S/c1-35-22-19(7-14(24)9-28-22)36(33,34)32-18-5-3-16(25)20(21(18)26)12-2-4-17-13(6-12)8-29-23(31-17)30-15-10-27-11-15/h2-9,15,27,32H,10-11H2,1H3,(H,29,30,31). The molecular weight excluding hydrogens is 547 g/mol. The van der Waals surface area contributed by atoms with Crippen molar-refractivity contribution >= 4 is 67.4 Å². The summed E-state index contributed by atoms with van der Waals surface area (Å²) in [6.45, 7) is 1.75. The van der Waals surface area contributed by atoms with Gasteiger partial charge in [0.05, 0.1) is 39.4 Å². The van der Waals surface area contributed by atoms with Gasteiger partial charge < -0.3 is 15.4 Å². The van der Waals surface area contributed by atoms with Crippen LogP contribution in [0.25, 0.3) is 22.0 Å². The quantitative estimate of drug-likeness (QED) is 0.291. The summed E-state index contributed by atoms with van der Waals surface area (Å²) in [4.78, 5) is 12.7. The fourth-order valence-electron chi connectivity index (χ4n) is 3.68. The van der Waals surface area contributed by atoms with Crippen LogP contribution in [0.1, 0.15) is 0 Å². The lowest BCUT2D eigenvalue weighted by Gasteiger charge is -2.27. The molecule has 5 rings (SSSR count). The van der Waals surface area contributed by atoms with E-state index in [1.807, 2.05) is 18.2 Å². The van der Waals surface area contributed by atoms with E-state index in [0.717, 1.165) is 24.0 Å². The Kier molecular flexibility index (Phi) is 6.80. The summed E-state index contributed by atoms with van der Waals surface area (Å²) in [6.07, 6.45) is 3.01. The molecule has 3 heterocycles. The van der Waals surface area contributed by atoms with Crippen LogP contribution in [0.3, 0.4) is 0 Å². The van der Waals surface area contributed by atoms with Crippen molar-refractivity contribution in [2.24, 2.45) is 0 Å². The molecule has 186 valence electrons. The van der Waals surface area contributed by atoms with E-state index in [0.29, 0.717) is 28.1 Å². The number of nitrogens with zero attached hydrogens (tertiary/aromatic N) is 3. The smallest absolute Gasteiger partial charge is 0.267 e. The fourth-order valence-corrected chi connectivity index (χ4v) is 5.81. The van der Waals surface area contributed by atoms with E-state index in [-0.39, 0.29) is 26.5 Å². The number of hydrogen-bond donors (Lipinski definition) is 3. The third-order valence-electron chi connectivity index (χ3n) is 5.59. The van der Waals surface area contributed by atoms with E-state index in [9.17, 15) is 8.42 Å². The first-order valence-corrected chi connectivity index (χ1v) is 13.3. The summed E-state index contributed by atoms with van der Waals surface area (Å²) in [5, 5.41) is 7.85. The molecule has 1 aliphatic rings. The maximum absolute atomic E-state index is 13.1. The third-order valence-corrected chi connectivity index (χ3v) is 7.86. The van der Waals surface area contributed by atoms with Gasteiger partial charge in [-0.1, -0.05) is 40.9 Å².